The first kappa shape index (κ1) is 21.5. The SMILES string of the molecule is COC[C@@H](C)N1CCC2(CC1)C(=O)N(Cc1ccccn1)C(=O)N2Cc1ccccc1. The van der Waals surface area contributed by atoms with Crippen molar-refractivity contribution in [3.8, 4) is 0 Å². The van der Waals surface area contributed by atoms with E-state index in [-0.39, 0.29) is 24.5 Å². The summed E-state index contributed by atoms with van der Waals surface area (Å²) in [7, 11) is 1.71. The number of methoxy groups -OCH3 is 1. The smallest absolute Gasteiger partial charge is 0.328 e. The minimum Gasteiger partial charge on any atom is -0.383 e. The molecule has 0 N–H and O–H groups in total. The van der Waals surface area contributed by atoms with Gasteiger partial charge in [-0.1, -0.05) is 36.4 Å². The van der Waals surface area contributed by atoms with E-state index in [1.807, 2.05) is 48.5 Å². The molecule has 1 aromatic carbocycles. The number of likely N-dealkylation sites (tertiary alicyclic amines) is 1. The maximum Gasteiger partial charge on any atom is 0.328 e. The van der Waals surface area contributed by atoms with Gasteiger partial charge in [0.05, 0.1) is 18.8 Å². The lowest BCUT2D eigenvalue weighted by molar-refractivity contribution is -0.136. The van der Waals surface area contributed by atoms with Crippen LogP contribution in [0.4, 0.5) is 4.79 Å². The van der Waals surface area contributed by atoms with Crippen LogP contribution in [0, 0.1) is 0 Å². The van der Waals surface area contributed by atoms with Crippen LogP contribution in [0.3, 0.4) is 0 Å². The summed E-state index contributed by atoms with van der Waals surface area (Å²) >= 11 is 0. The van der Waals surface area contributed by atoms with Gasteiger partial charge in [-0.15, -0.1) is 0 Å². The Morgan fingerprint density at radius 1 is 1.03 bits per heavy atom. The van der Waals surface area contributed by atoms with Crippen molar-refractivity contribution in [2.75, 3.05) is 26.8 Å². The van der Waals surface area contributed by atoms with Gasteiger partial charge in [-0.3, -0.25) is 19.6 Å². The molecule has 31 heavy (non-hydrogen) atoms. The monoisotopic (exact) mass is 422 g/mol. The molecule has 4 rings (SSSR count). The molecule has 3 heterocycles. The predicted octanol–water partition coefficient (Wildman–Crippen LogP) is 2.92. The Labute approximate surface area is 183 Å². The highest BCUT2D eigenvalue weighted by Gasteiger charge is 2.58. The molecule has 1 spiro atoms. The standard InChI is InChI=1S/C24H30N4O3/c1-19(18-31-2)26-14-11-24(12-15-26)22(29)27(17-21-10-6-7-13-25-21)23(30)28(24)16-20-8-4-3-5-9-20/h3-10,13,19H,11-12,14-18H2,1-2H3/t19-/m1/s1. The van der Waals surface area contributed by atoms with Gasteiger partial charge in [-0.2, -0.15) is 0 Å². The number of hydrogen-bond donors (Lipinski definition) is 0. The molecule has 164 valence electrons. The number of pyridine rings is 1. The number of nitrogens with zero attached hydrogens (tertiary/aromatic N) is 4. The van der Waals surface area contributed by atoms with Crippen LogP contribution in [0.1, 0.15) is 31.0 Å². The van der Waals surface area contributed by atoms with E-state index in [1.165, 1.54) is 4.90 Å². The molecule has 1 atom stereocenters. The topological polar surface area (TPSA) is 66.0 Å². The van der Waals surface area contributed by atoms with E-state index in [0.29, 0.717) is 31.7 Å². The Hall–Kier alpha value is -2.77. The number of aromatic nitrogens is 1. The summed E-state index contributed by atoms with van der Waals surface area (Å²) in [4.78, 5) is 37.0. The van der Waals surface area contributed by atoms with Crippen molar-refractivity contribution in [1.82, 2.24) is 19.7 Å². The molecule has 0 aliphatic carbocycles. The quantitative estimate of drug-likeness (QED) is 0.642. The summed E-state index contributed by atoms with van der Waals surface area (Å²) in [5.41, 5.74) is 0.940. The summed E-state index contributed by atoms with van der Waals surface area (Å²) < 4.78 is 5.31. The second-order valence-electron chi connectivity index (χ2n) is 8.44. The van der Waals surface area contributed by atoms with Gasteiger partial charge < -0.3 is 9.64 Å². The number of imide groups is 1. The maximum absolute atomic E-state index is 13.7. The van der Waals surface area contributed by atoms with E-state index in [0.717, 1.165) is 18.7 Å². The van der Waals surface area contributed by atoms with Gasteiger partial charge in [0.1, 0.15) is 5.54 Å². The number of ether oxygens (including phenoxy) is 1. The van der Waals surface area contributed by atoms with Crippen LogP contribution in [0.25, 0.3) is 0 Å². The van der Waals surface area contributed by atoms with E-state index in [9.17, 15) is 9.59 Å². The minimum absolute atomic E-state index is 0.0990. The zero-order valence-corrected chi connectivity index (χ0v) is 18.2. The first-order chi connectivity index (χ1) is 15.0. The van der Waals surface area contributed by atoms with Crippen LogP contribution in [0.2, 0.25) is 0 Å². The summed E-state index contributed by atoms with van der Waals surface area (Å²) in [5, 5.41) is 0. The number of amides is 3. The molecule has 0 unspecified atom stereocenters. The average Bonchev–Trinajstić information content (AvgIpc) is 2.98. The van der Waals surface area contributed by atoms with Crippen LogP contribution in [0.5, 0.6) is 0 Å². The second-order valence-corrected chi connectivity index (χ2v) is 8.44. The Morgan fingerprint density at radius 2 is 1.74 bits per heavy atom. The van der Waals surface area contributed by atoms with Gasteiger partial charge in [0, 0.05) is 39.0 Å². The third-order valence-corrected chi connectivity index (χ3v) is 6.51. The highest BCUT2D eigenvalue weighted by Crippen LogP contribution is 2.39. The van der Waals surface area contributed by atoms with Crippen LogP contribution in [0.15, 0.2) is 54.7 Å². The third kappa shape index (κ3) is 4.20. The largest absolute Gasteiger partial charge is 0.383 e. The molecule has 1 aromatic heterocycles. The lowest BCUT2D eigenvalue weighted by Crippen LogP contribution is -2.57. The lowest BCUT2D eigenvalue weighted by atomic mass is 9.85. The van der Waals surface area contributed by atoms with Crippen molar-refractivity contribution in [3.63, 3.8) is 0 Å². The van der Waals surface area contributed by atoms with Crippen molar-refractivity contribution in [2.24, 2.45) is 0 Å². The fraction of sp³-hybridized carbons (Fsp3) is 0.458. The predicted molar refractivity (Wildman–Crippen MR) is 117 cm³/mol. The van der Waals surface area contributed by atoms with Gasteiger partial charge in [0.2, 0.25) is 0 Å². The average molecular weight is 423 g/mol. The van der Waals surface area contributed by atoms with E-state index in [2.05, 4.69) is 16.8 Å². The highest BCUT2D eigenvalue weighted by molar-refractivity contribution is 6.07. The molecular formula is C24H30N4O3. The van der Waals surface area contributed by atoms with Crippen molar-refractivity contribution in [2.45, 2.75) is 44.4 Å². The van der Waals surface area contributed by atoms with Crippen LogP contribution in [-0.4, -0.2) is 70.0 Å². The molecule has 2 fully saturated rings. The molecule has 3 amide bonds. The third-order valence-electron chi connectivity index (χ3n) is 6.51. The zero-order valence-electron chi connectivity index (χ0n) is 18.2. The number of carbonyl (C=O) groups excluding carboxylic acids is 2. The summed E-state index contributed by atoms with van der Waals surface area (Å²) in [6, 6.07) is 15.5. The number of hydrogen-bond acceptors (Lipinski definition) is 5. The van der Waals surface area contributed by atoms with Crippen molar-refractivity contribution >= 4 is 11.9 Å². The molecule has 0 bridgehead atoms. The molecule has 2 saturated heterocycles. The molecule has 2 aromatic rings. The maximum atomic E-state index is 13.7. The van der Waals surface area contributed by atoms with E-state index in [4.69, 9.17) is 4.74 Å². The normalized spacial score (nSPS) is 19.9. The molecule has 2 aliphatic rings. The van der Waals surface area contributed by atoms with Crippen LogP contribution < -0.4 is 0 Å². The number of urea groups is 1. The molecule has 7 heteroatoms. The molecule has 0 saturated carbocycles. The van der Waals surface area contributed by atoms with Gasteiger partial charge in [0.15, 0.2) is 0 Å². The second kappa shape index (κ2) is 9.16. The number of piperidine rings is 1. The Morgan fingerprint density at radius 3 is 2.39 bits per heavy atom. The van der Waals surface area contributed by atoms with Gasteiger partial charge >= 0.3 is 6.03 Å². The molecular weight excluding hydrogens is 392 g/mol. The van der Waals surface area contributed by atoms with Crippen LogP contribution >= 0.6 is 0 Å². The number of carbonyl (C=O) groups is 2. The van der Waals surface area contributed by atoms with Gasteiger partial charge in [-0.05, 0) is 37.5 Å². The Kier molecular flexibility index (Phi) is 6.34. The molecule has 2 aliphatic heterocycles. The van der Waals surface area contributed by atoms with E-state index < -0.39 is 5.54 Å². The Balaban J connectivity index is 1.60. The van der Waals surface area contributed by atoms with E-state index in [1.54, 1.807) is 18.2 Å². The summed E-state index contributed by atoms with van der Waals surface area (Å²) in [5.74, 6) is -0.0990. The Bertz CT molecular complexity index is 898. The minimum atomic E-state index is -0.801. The first-order valence-electron chi connectivity index (χ1n) is 10.9. The summed E-state index contributed by atoms with van der Waals surface area (Å²) in [6.07, 6.45) is 2.93. The highest BCUT2D eigenvalue weighted by atomic mass is 16.5. The fourth-order valence-corrected chi connectivity index (χ4v) is 4.73. The first-order valence-corrected chi connectivity index (χ1v) is 10.9. The van der Waals surface area contributed by atoms with Crippen molar-refractivity contribution < 1.29 is 14.3 Å². The summed E-state index contributed by atoms with van der Waals surface area (Å²) in [6.45, 7) is 4.93. The van der Waals surface area contributed by atoms with Crippen molar-refractivity contribution in [3.05, 3.63) is 66.0 Å². The van der Waals surface area contributed by atoms with Gasteiger partial charge in [0.25, 0.3) is 5.91 Å². The molecule has 7 nitrogen and oxygen atoms in total. The zero-order chi connectivity index (χ0) is 21.8. The number of benzene rings is 1. The fourth-order valence-electron chi connectivity index (χ4n) is 4.73. The molecule has 0 radical (unpaired) electrons. The number of rotatable bonds is 7. The van der Waals surface area contributed by atoms with Gasteiger partial charge in [-0.25, -0.2) is 4.79 Å². The van der Waals surface area contributed by atoms with Crippen LogP contribution in [-0.2, 0) is 22.6 Å². The van der Waals surface area contributed by atoms with Crippen molar-refractivity contribution in [1.29, 1.82) is 0 Å². The van der Waals surface area contributed by atoms with E-state index >= 15 is 0 Å². The lowest BCUT2D eigenvalue weighted by Gasteiger charge is -2.44.